The standard InChI is InChI=1S/C14H10N2O2/c17-13-8-4-7-12-15-11(9-14(18)16(12)13)10-5-2-1-3-6-10/h1-9,15H. The molecule has 0 saturated carbocycles. The van der Waals surface area contributed by atoms with Crippen LogP contribution in [0.5, 0.6) is 0 Å². The van der Waals surface area contributed by atoms with E-state index in [0.717, 1.165) is 9.96 Å². The lowest BCUT2D eigenvalue weighted by Crippen LogP contribution is -2.26. The van der Waals surface area contributed by atoms with Gasteiger partial charge < -0.3 is 4.98 Å². The van der Waals surface area contributed by atoms with E-state index in [2.05, 4.69) is 4.98 Å². The van der Waals surface area contributed by atoms with E-state index in [1.165, 1.54) is 12.1 Å². The van der Waals surface area contributed by atoms with Crippen molar-refractivity contribution in [1.82, 2.24) is 9.38 Å². The first-order valence-electron chi connectivity index (χ1n) is 5.56. The van der Waals surface area contributed by atoms with Crippen molar-refractivity contribution < 1.29 is 0 Å². The molecule has 0 amide bonds. The number of aromatic nitrogens is 2. The van der Waals surface area contributed by atoms with Crippen LogP contribution in [0.2, 0.25) is 0 Å². The third-order valence-corrected chi connectivity index (χ3v) is 2.79. The van der Waals surface area contributed by atoms with Gasteiger partial charge >= 0.3 is 0 Å². The van der Waals surface area contributed by atoms with E-state index in [4.69, 9.17) is 0 Å². The predicted octanol–water partition coefficient (Wildman–Crippen LogP) is 1.65. The van der Waals surface area contributed by atoms with Crippen LogP contribution in [0.4, 0.5) is 0 Å². The van der Waals surface area contributed by atoms with E-state index in [0.29, 0.717) is 11.3 Å². The number of hydrogen-bond donors (Lipinski definition) is 1. The Morgan fingerprint density at radius 3 is 2.39 bits per heavy atom. The molecular weight excluding hydrogens is 228 g/mol. The second kappa shape index (κ2) is 4.00. The fourth-order valence-corrected chi connectivity index (χ4v) is 1.95. The Kier molecular flexibility index (Phi) is 2.34. The number of benzene rings is 1. The van der Waals surface area contributed by atoms with E-state index in [1.807, 2.05) is 30.3 Å². The van der Waals surface area contributed by atoms with Crippen molar-refractivity contribution >= 4 is 5.65 Å². The van der Waals surface area contributed by atoms with Crippen LogP contribution in [0.15, 0.2) is 64.2 Å². The first-order valence-corrected chi connectivity index (χ1v) is 5.56. The molecule has 1 N–H and O–H groups in total. The van der Waals surface area contributed by atoms with Gasteiger partial charge in [-0.1, -0.05) is 36.4 Å². The first kappa shape index (κ1) is 10.5. The minimum Gasteiger partial charge on any atom is -0.341 e. The van der Waals surface area contributed by atoms with Crippen LogP contribution >= 0.6 is 0 Å². The molecule has 4 heteroatoms. The van der Waals surface area contributed by atoms with Crippen LogP contribution in [0.1, 0.15) is 0 Å². The van der Waals surface area contributed by atoms with Gasteiger partial charge in [-0.3, -0.25) is 9.59 Å². The molecule has 0 aliphatic carbocycles. The number of nitrogens with zero attached hydrogens (tertiary/aromatic N) is 1. The van der Waals surface area contributed by atoms with Crippen LogP contribution < -0.4 is 11.1 Å². The molecule has 2 heterocycles. The Hall–Kier alpha value is -2.62. The molecule has 0 bridgehead atoms. The van der Waals surface area contributed by atoms with Crippen molar-refractivity contribution in [3.8, 4) is 11.3 Å². The number of rotatable bonds is 1. The molecule has 0 fully saturated rings. The zero-order valence-electron chi connectivity index (χ0n) is 9.46. The normalized spacial score (nSPS) is 10.7. The smallest absolute Gasteiger partial charge is 0.261 e. The molecule has 3 aromatic rings. The fraction of sp³-hybridized carbons (Fsp3) is 0. The monoisotopic (exact) mass is 238 g/mol. The summed E-state index contributed by atoms with van der Waals surface area (Å²) in [5, 5.41) is 0. The lowest BCUT2D eigenvalue weighted by molar-refractivity contribution is 1.00. The van der Waals surface area contributed by atoms with Crippen molar-refractivity contribution in [2.45, 2.75) is 0 Å². The van der Waals surface area contributed by atoms with Gasteiger partial charge in [0, 0.05) is 12.1 Å². The van der Waals surface area contributed by atoms with Crippen LogP contribution in [0.3, 0.4) is 0 Å². The molecule has 0 aliphatic rings. The Bertz CT molecular complexity index is 816. The molecule has 3 rings (SSSR count). The van der Waals surface area contributed by atoms with Gasteiger partial charge in [0.2, 0.25) is 0 Å². The lowest BCUT2D eigenvalue weighted by atomic mass is 10.1. The van der Waals surface area contributed by atoms with E-state index in [9.17, 15) is 9.59 Å². The molecule has 18 heavy (non-hydrogen) atoms. The van der Waals surface area contributed by atoms with Gasteiger partial charge in [0.05, 0.1) is 5.69 Å². The van der Waals surface area contributed by atoms with Crippen molar-refractivity contribution in [1.29, 1.82) is 0 Å². The van der Waals surface area contributed by atoms with E-state index in [-0.39, 0.29) is 11.1 Å². The molecule has 0 atom stereocenters. The van der Waals surface area contributed by atoms with Crippen LogP contribution in [0.25, 0.3) is 16.9 Å². The van der Waals surface area contributed by atoms with Crippen molar-refractivity contribution in [3.05, 3.63) is 75.3 Å². The lowest BCUT2D eigenvalue weighted by Gasteiger charge is -2.04. The van der Waals surface area contributed by atoms with Crippen molar-refractivity contribution in [2.75, 3.05) is 0 Å². The Morgan fingerprint density at radius 2 is 1.61 bits per heavy atom. The SMILES string of the molecule is O=c1cccc2[nH]c(-c3ccccc3)cc(=O)n12. The number of fused-ring (bicyclic) bond motifs is 1. The van der Waals surface area contributed by atoms with Crippen LogP contribution in [-0.4, -0.2) is 9.38 Å². The zero-order valence-corrected chi connectivity index (χ0v) is 9.46. The first-order chi connectivity index (χ1) is 8.75. The molecule has 2 aromatic heterocycles. The molecule has 4 nitrogen and oxygen atoms in total. The van der Waals surface area contributed by atoms with E-state index < -0.39 is 0 Å². The van der Waals surface area contributed by atoms with Crippen LogP contribution in [-0.2, 0) is 0 Å². The Labute approximate surface area is 102 Å². The summed E-state index contributed by atoms with van der Waals surface area (Å²) in [4.78, 5) is 26.6. The number of nitrogens with one attached hydrogen (secondary N) is 1. The second-order valence-electron chi connectivity index (χ2n) is 3.97. The molecular formula is C14H10N2O2. The van der Waals surface area contributed by atoms with Gasteiger partial charge in [-0.05, 0) is 11.6 Å². The summed E-state index contributed by atoms with van der Waals surface area (Å²) in [6.07, 6.45) is 0. The number of pyridine rings is 1. The molecule has 0 spiro atoms. The van der Waals surface area contributed by atoms with E-state index >= 15 is 0 Å². The van der Waals surface area contributed by atoms with Crippen molar-refractivity contribution in [3.63, 3.8) is 0 Å². The highest BCUT2D eigenvalue weighted by molar-refractivity contribution is 5.61. The van der Waals surface area contributed by atoms with Crippen molar-refractivity contribution in [2.24, 2.45) is 0 Å². The van der Waals surface area contributed by atoms with Gasteiger partial charge in [0.1, 0.15) is 5.65 Å². The zero-order chi connectivity index (χ0) is 12.5. The average Bonchev–Trinajstić information content (AvgIpc) is 2.39. The van der Waals surface area contributed by atoms with Gasteiger partial charge in [-0.15, -0.1) is 0 Å². The Balaban J connectivity index is 2.36. The quantitative estimate of drug-likeness (QED) is 0.701. The highest BCUT2D eigenvalue weighted by atomic mass is 16.2. The molecule has 0 aliphatic heterocycles. The molecule has 1 aromatic carbocycles. The number of aromatic amines is 1. The van der Waals surface area contributed by atoms with Gasteiger partial charge in [-0.2, -0.15) is 0 Å². The summed E-state index contributed by atoms with van der Waals surface area (Å²) in [6.45, 7) is 0. The Morgan fingerprint density at radius 1 is 0.833 bits per heavy atom. The highest BCUT2D eigenvalue weighted by Crippen LogP contribution is 2.14. The average molecular weight is 238 g/mol. The minimum absolute atomic E-state index is 0.326. The second-order valence-corrected chi connectivity index (χ2v) is 3.97. The van der Waals surface area contributed by atoms with Gasteiger partial charge in [0.25, 0.3) is 11.1 Å². The molecule has 0 saturated heterocycles. The molecule has 88 valence electrons. The molecule has 0 radical (unpaired) electrons. The van der Waals surface area contributed by atoms with Crippen LogP contribution in [0, 0.1) is 0 Å². The van der Waals surface area contributed by atoms with Gasteiger partial charge in [0.15, 0.2) is 0 Å². The summed E-state index contributed by atoms with van der Waals surface area (Å²) in [5.74, 6) is 0. The maximum absolute atomic E-state index is 11.9. The third kappa shape index (κ3) is 1.64. The summed E-state index contributed by atoms with van der Waals surface area (Å²) in [6, 6.07) is 15.6. The third-order valence-electron chi connectivity index (χ3n) is 2.79. The number of hydrogen-bond acceptors (Lipinski definition) is 2. The summed E-state index contributed by atoms with van der Waals surface area (Å²) < 4.78 is 1.12. The summed E-state index contributed by atoms with van der Waals surface area (Å²) in [7, 11) is 0. The predicted molar refractivity (Wildman–Crippen MR) is 69.7 cm³/mol. The largest absolute Gasteiger partial charge is 0.341 e. The number of H-pyrrole nitrogens is 1. The minimum atomic E-state index is -0.326. The topological polar surface area (TPSA) is 54.3 Å². The van der Waals surface area contributed by atoms with Gasteiger partial charge in [-0.25, -0.2) is 4.40 Å². The summed E-state index contributed by atoms with van der Waals surface area (Å²) in [5.41, 5.74) is 1.45. The van der Waals surface area contributed by atoms with E-state index in [1.54, 1.807) is 12.1 Å². The fourth-order valence-electron chi connectivity index (χ4n) is 1.95. The summed E-state index contributed by atoms with van der Waals surface area (Å²) >= 11 is 0. The highest BCUT2D eigenvalue weighted by Gasteiger charge is 2.04. The maximum Gasteiger partial charge on any atom is 0.261 e. The molecule has 0 unspecified atom stereocenters. The maximum atomic E-state index is 11.9.